The number of hydrogen-bond donors (Lipinski definition) is 1. The van der Waals surface area contributed by atoms with Crippen LogP contribution < -0.4 is 9.79 Å². The van der Waals surface area contributed by atoms with Crippen molar-refractivity contribution in [2.75, 3.05) is 30.3 Å². The van der Waals surface area contributed by atoms with Crippen molar-refractivity contribution in [3.8, 4) is 0 Å². The van der Waals surface area contributed by atoms with Gasteiger partial charge in [0.25, 0.3) is 0 Å². The van der Waals surface area contributed by atoms with Gasteiger partial charge in [0.15, 0.2) is 0 Å². The standard InChI is InChI=1S/C14H21F3N4O3S/c1-2-7-24-20-25(22,23)10-11-3-5-21(6-4-11)13-18-8-12(9-19-13)14(15,16)17/h8-9,11,20H,2-7,10H2,1H3/i2D. The number of sulfonamides is 1. The minimum Gasteiger partial charge on any atom is -0.341 e. The number of hydrogen-bond acceptors (Lipinski definition) is 6. The fourth-order valence-corrected chi connectivity index (χ4v) is 3.75. The molecule has 7 nitrogen and oxygen atoms in total. The van der Waals surface area contributed by atoms with Gasteiger partial charge >= 0.3 is 6.18 Å². The molecule has 1 N–H and O–H groups in total. The van der Waals surface area contributed by atoms with Gasteiger partial charge in [-0.05, 0) is 25.2 Å². The van der Waals surface area contributed by atoms with Crippen LogP contribution in [0, 0.1) is 5.92 Å². The molecule has 11 heteroatoms. The van der Waals surface area contributed by atoms with Gasteiger partial charge in [0.1, 0.15) is 0 Å². The molecule has 1 saturated heterocycles. The molecule has 1 fully saturated rings. The maximum absolute atomic E-state index is 12.5. The molecular formula is C14H21F3N4O3S. The Hall–Kier alpha value is -1.46. The molecule has 1 aromatic heterocycles. The molecule has 1 aliphatic heterocycles. The third-order valence-electron chi connectivity index (χ3n) is 3.75. The van der Waals surface area contributed by atoms with Crippen molar-refractivity contribution in [3.05, 3.63) is 18.0 Å². The second-order valence-electron chi connectivity index (χ2n) is 5.78. The van der Waals surface area contributed by atoms with Gasteiger partial charge < -0.3 is 4.90 Å². The fourth-order valence-electron chi connectivity index (χ4n) is 2.48. The Bertz CT molecular complexity index is 678. The van der Waals surface area contributed by atoms with Crippen LogP contribution in [0.1, 0.15) is 33.1 Å². The molecule has 1 unspecified atom stereocenters. The molecule has 0 radical (unpaired) electrons. The van der Waals surface area contributed by atoms with Gasteiger partial charge in [0.2, 0.25) is 16.0 Å². The Kier molecular flexibility index (Phi) is 6.07. The molecule has 1 aliphatic rings. The largest absolute Gasteiger partial charge is 0.419 e. The van der Waals surface area contributed by atoms with Gasteiger partial charge in [-0.3, -0.25) is 4.84 Å². The number of nitrogens with zero attached hydrogens (tertiary/aromatic N) is 3. The van der Waals surface area contributed by atoms with Crippen LogP contribution in [-0.2, 0) is 21.0 Å². The first kappa shape index (κ1) is 18.3. The molecule has 0 bridgehead atoms. The van der Waals surface area contributed by atoms with Crippen LogP contribution in [0.4, 0.5) is 19.1 Å². The number of anilines is 1. The second-order valence-corrected chi connectivity index (χ2v) is 7.51. The highest BCUT2D eigenvalue weighted by molar-refractivity contribution is 7.89. The first-order chi connectivity index (χ1) is 12.1. The van der Waals surface area contributed by atoms with E-state index in [1.54, 1.807) is 11.8 Å². The minimum atomic E-state index is -4.48. The SMILES string of the molecule is [2H]C(C)CONS(=O)(=O)CC1CCN(c2ncc(C(F)(F)F)cn2)CC1. The predicted molar refractivity (Wildman–Crippen MR) is 85.1 cm³/mol. The van der Waals surface area contributed by atoms with Crippen LogP contribution in [-0.4, -0.2) is 43.8 Å². The molecule has 0 aromatic carbocycles. The Balaban J connectivity index is 1.83. The van der Waals surface area contributed by atoms with Crippen LogP contribution in [0.15, 0.2) is 12.4 Å². The van der Waals surface area contributed by atoms with E-state index < -0.39 is 28.2 Å². The molecule has 0 saturated carbocycles. The molecule has 142 valence electrons. The van der Waals surface area contributed by atoms with E-state index in [0.29, 0.717) is 25.9 Å². The lowest BCUT2D eigenvalue weighted by Crippen LogP contribution is -2.39. The predicted octanol–water partition coefficient (Wildman–Crippen LogP) is 1.97. The molecule has 0 spiro atoms. The van der Waals surface area contributed by atoms with Gasteiger partial charge in [0.05, 0.1) is 17.9 Å². The number of aromatic nitrogens is 2. The first-order valence-electron chi connectivity index (χ1n) is 8.32. The van der Waals surface area contributed by atoms with Crippen molar-refractivity contribution in [1.82, 2.24) is 14.9 Å². The zero-order valence-electron chi connectivity index (χ0n) is 14.7. The summed E-state index contributed by atoms with van der Waals surface area (Å²) in [4.78, 5) is 16.0. The zero-order chi connectivity index (χ0) is 19.4. The molecule has 1 aromatic rings. The first-order valence-corrected chi connectivity index (χ1v) is 9.40. The van der Waals surface area contributed by atoms with E-state index in [9.17, 15) is 21.6 Å². The Labute approximate surface area is 146 Å². The van der Waals surface area contributed by atoms with Gasteiger partial charge in [-0.25, -0.2) is 18.4 Å². The van der Waals surface area contributed by atoms with Gasteiger partial charge in [-0.2, -0.15) is 13.2 Å². The van der Waals surface area contributed by atoms with Crippen molar-refractivity contribution in [3.63, 3.8) is 0 Å². The van der Waals surface area contributed by atoms with E-state index in [-0.39, 0.29) is 24.2 Å². The maximum atomic E-state index is 12.5. The Morgan fingerprint density at radius 3 is 2.48 bits per heavy atom. The smallest absolute Gasteiger partial charge is 0.341 e. The number of nitrogens with one attached hydrogen (secondary N) is 1. The minimum absolute atomic E-state index is 0.0388. The zero-order valence-corrected chi connectivity index (χ0v) is 14.5. The third-order valence-corrected chi connectivity index (χ3v) is 5.04. The van der Waals surface area contributed by atoms with Crippen molar-refractivity contribution < 1.29 is 27.8 Å². The van der Waals surface area contributed by atoms with Crippen molar-refractivity contribution in [2.45, 2.75) is 32.3 Å². The van der Waals surface area contributed by atoms with E-state index in [0.717, 1.165) is 12.4 Å². The van der Waals surface area contributed by atoms with E-state index >= 15 is 0 Å². The normalized spacial score (nSPS) is 18.9. The topological polar surface area (TPSA) is 84.4 Å². The Morgan fingerprint density at radius 1 is 1.36 bits per heavy atom. The van der Waals surface area contributed by atoms with Crippen LogP contribution >= 0.6 is 0 Å². The molecule has 2 rings (SSSR count). The average Bonchev–Trinajstić information content (AvgIpc) is 2.54. The van der Waals surface area contributed by atoms with Crippen LogP contribution in [0.25, 0.3) is 0 Å². The fraction of sp³-hybridized carbons (Fsp3) is 0.714. The quantitative estimate of drug-likeness (QED) is 0.725. The van der Waals surface area contributed by atoms with E-state index in [1.165, 1.54) is 0 Å². The summed E-state index contributed by atoms with van der Waals surface area (Å²) in [5, 5.41) is 0. The molecule has 1 atom stereocenters. The van der Waals surface area contributed by atoms with Gasteiger partial charge in [-0.1, -0.05) is 11.8 Å². The highest BCUT2D eigenvalue weighted by Gasteiger charge is 2.32. The van der Waals surface area contributed by atoms with Crippen LogP contribution in [0.2, 0.25) is 0 Å². The highest BCUT2D eigenvalue weighted by atomic mass is 32.2. The van der Waals surface area contributed by atoms with Gasteiger partial charge in [0, 0.05) is 26.9 Å². The van der Waals surface area contributed by atoms with E-state index in [4.69, 9.17) is 6.21 Å². The summed E-state index contributed by atoms with van der Waals surface area (Å²) in [7, 11) is -3.61. The Morgan fingerprint density at radius 2 is 1.96 bits per heavy atom. The molecule has 25 heavy (non-hydrogen) atoms. The third kappa shape index (κ3) is 6.08. The lowest BCUT2D eigenvalue weighted by atomic mass is 9.99. The molecule has 0 amide bonds. The van der Waals surface area contributed by atoms with Crippen LogP contribution in [0.3, 0.4) is 0 Å². The summed E-state index contributed by atoms with van der Waals surface area (Å²) < 4.78 is 68.7. The molecule has 2 heterocycles. The second kappa shape index (κ2) is 8.28. The van der Waals surface area contributed by atoms with Crippen molar-refractivity contribution >= 4 is 16.0 Å². The summed E-state index contributed by atoms with van der Waals surface area (Å²) in [5.74, 6) is -0.0124. The number of halogens is 3. The van der Waals surface area contributed by atoms with Crippen molar-refractivity contribution in [2.24, 2.45) is 5.92 Å². The van der Waals surface area contributed by atoms with Crippen molar-refractivity contribution in [1.29, 1.82) is 0 Å². The summed E-state index contributed by atoms with van der Waals surface area (Å²) in [6.07, 6.45) is -2.45. The lowest BCUT2D eigenvalue weighted by molar-refractivity contribution is -0.138. The highest BCUT2D eigenvalue weighted by Crippen LogP contribution is 2.29. The summed E-state index contributed by atoms with van der Waals surface area (Å²) in [6, 6.07) is 0. The van der Waals surface area contributed by atoms with E-state index in [2.05, 4.69) is 9.97 Å². The number of piperidine rings is 1. The molecule has 0 aliphatic carbocycles. The molecular weight excluding hydrogens is 361 g/mol. The number of alkyl halides is 3. The monoisotopic (exact) mass is 383 g/mol. The summed E-state index contributed by atoms with van der Waals surface area (Å²) in [5.41, 5.74) is -0.907. The average molecular weight is 383 g/mol. The van der Waals surface area contributed by atoms with Crippen LogP contribution in [0.5, 0.6) is 0 Å². The summed E-state index contributed by atoms with van der Waals surface area (Å²) >= 11 is 0. The lowest BCUT2D eigenvalue weighted by Gasteiger charge is -2.31. The van der Waals surface area contributed by atoms with E-state index in [1.807, 2.05) is 4.89 Å². The summed E-state index contributed by atoms with van der Waals surface area (Å²) in [6.45, 7) is 2.45. The van der Waals surface area contributed by atoms with Gasteiger partial charge in [-0.15, -0.1) is 0 Å². The number of rotatable bonds is 7. The maximum Gasteiger partial charge on any atom is 0.419 e.